The van der Waals surface area contributed by atoms with Crippen molar-refractivity contribution < 1.29 is 45.2 Å². The summed E-state index contributed by atoms with van der Waals surface area (Å²) in [5.74, 6) is 0.236. The van der Waals surface area contributed by atoms with Crippen LogP contribution in [0.2, 0.25) is 0 Å². The van der Waals surface area contributed by atoms with E-state index in [4.69, 9.17) is 9.47 Å². The zero-order chi connectivity index (χ0) is 33.5. The molecular weight excluding hydrogens is 576 g/mol. The predicted octanol–water partition coefficient (Wildman–Crippen LogP) is 3.30. The van der Waals surface area contributed by atoms with Gasteiger partial charge in [0.25, 0.3) is 0 Å². The Bertz CT molecular complexity index is 1110. The minimum absolute atomic E-state index is 0.0751. The Labute approximate surface area is 270 Å². The van der Waals surface area contributed by atoms with Crippen molar-refractivity contribution in [3.8, 4) is 0 Å². The molecule has 4 aliphatic carbocycles. The number of hydrogen-bond donors (Lipinski definition) is 7. The molecule has 0 bridgehead atoms. The summed E-state index contributed by atoms with van der Waals surface area (Å²) < 4.78 is 12.6. The van der Waals surface area contributed by atoms with Gasteiger partial charge in [-0.15, -0.1) is 0 Å². The number of fused-ring (bicyclic) bond motifs is 5. The summed E-state index contributed by atoms with van der Waals surface area (Å²) in [6.07, 6.45) is -0.682. The molecule has 1 heterocycles. The molecule has 0 amide bonds. The maximum Gasteiger partial charge on any atom is 0.187 e. The Morgan fingerprint density at radius 2 is 1.51 bits per heavy atom. The SMILES string of the molecule is CC(C)=CCC[C@](C)(O[C@@H]1O[C@@H](CO)[C@@H](O)[C@H](O)[C@@H]1O)[C@H]1CC[C@]2(C)[C@@H]1[C@H](O)C[C@@H]1[C@@]3(C)C[C@@H](O)[C@H](O)C(C)(C)[C@H]3CC[C@]12C. The van der Waals surface area contributed by atoms with E-state index >= 15 is 0 Å². The van der Waals surface area contributed by atoms with Gasteiger partial charge in [-0.2, -0.15) is 0 Å². The zero-order valence-corrected chi connectivity index (χ0v) is 28.8. The van der Waals surface area contributed by atoms with Crippen LogP contribution < -0.4 is 0 Å². The van der Waals surface area contributed by atoms with Gasteiger partial charge in [-0.05, 0) is 117 Å². The van der Waals surface area contributed by atoms with E-state index in [1.165, 1.54) is 5.57 Å². The number of aliphatic hydroxyl groups is 7. The molecule has 5 rings (SSSR count). The molecule has 1 aliphatic heterocycles. The van der Waals surface area contributed by atoms with Gasteiger partial charge in [0.05, 0.1) is 30.5 Å². The van der Waals surface area contributed by atoms with Crippen LogP contribution in [0.15, 0.2) is 11.6 Å². The Morgan fingerprint density at radius 3 is 2.13 bits per heavy atom. The molecule has 0 unspecified atom stereocenters. The maximum absolute atomic E-state index is 12.2. The third-order valence-corrected chi connectivity index (χ3v) is 14.5. The second-order valence-electron chi connectivity index (χ2n) is 17.4. The third-order valence-electron chi connectivity index (χ3n) is 14.5. The van der Waals surface area contributed by atoms with Crippen LogP contribution in [-0.4, -0.2) is 97.0 Å². The van der Waals surface area contributed by atoms with E-state index in [9.17, 15) is 35.7 Å². The average molecular weight is 639 g/mol. The van der Waals surface area contributed by atoms with Gasteiger partial charge in [-0.3, -0.25) is 0 Å². The van der Waals surface area contributed by atoms with Gasteiger partial charge in [0, 0.05) is 0 Å². The van der Waals surface area contributed by atoms with E-state index in [-0.39, 0.29) is 39.9 Å². The highest BCUT2D eigenvalue weighted by molar-refractivity contribution is 5.21. The van der Waals surface area contributed by atoms with Crippen molar-refractivity contribution in [3.05, 3.63) is 11.6 Å². The van der Waals surface area contributed by atoms with E-state index < -0.39 is 66.6 Å². The number of aliphatic hydroxyl groups excluding tert-OH is 7. The lowest BCUT2D eigenvalue weighted by molar-refractivity contribution is -0.336. The molecule has 0 aromatic rings. The van der Waals surface area contributed by atoms with Gasteiger partial charge < -0.3 is 45.2 Å². The van der Waals surface area contributed by atoms with Gasteiger partial charge in [0.2, 0.25) is 0 Å². The lowest BCUT2D eigenvalue weighted by Crippen LogP contribution is -2.68. The first kappa shape index (κ1) is 35.7. The minimum atomic E-state index is -1.53. The quantitative estimate of drug-likeness (QED) is 0.208. The molecule has 4 saturated carbocycles. The van der Waals surface area contributed by atoms with Crippen molar-refractivity contribution in [1.29, 1.82) is 0 Å². The van der Waals surface area contributed by atoms with Gasteiger partial charge in [0.1, 0.15) is 24.4 Å². The molecule has 1 saturated heterocycles. The third kappa shape index (κ3) is 5.39. The zero-order valence-electron chi connectivity index (χ0n) is 28.8. The first-order valence-electron chi connectivity index (χ1n) is 17.4. The summed E-state index contributed by atoms with van der Waals surface area (Å²) >= 11 is 0. The van der Waals surface area contributed by atoms with E-state index in [0.717, 1.165) is 32.1 Å². The standard InChI is InChI=1S/C36H62O9/c1-19(2)10-9-13-36(8,45-31-29(42)28(41)27(40)23(18-37)44-31)20-11-14-35(7)26(20)21(38)16-25-33(5)17-22(39)30(43)32(3,4)24(33)12-15-34(25,35)6/h10,20-31,37-43H,9,11-18H2,1-8H3/t20-,21+,22+,23-,24+,25+,26-,27+,28-,29-,30-,31-,33-,34+,35+,36-/m0/s1. The predicted molar refractivity (Wildman–Crippen MR) is 170 cm³/mol. The smallest absolute Gasteiger partial charge is 0.187 e. The fourth-order valence-corrected chi connectivity index (χ4v) is 12.0. The molecule has 0 aromatic carbocycles. The van der Waals surface area contributed by atoms with E-state index in [2.05, 4.69) is 40.7 Å². The molecule has 9 heteroatoms. The number of hydrogen-bond acceptors (Lipinski definition) is 9. The molecule has 0 spiro atoms. The number of ether oxygens (including phenoxy) is 2. The highest BCUT2D eigenvalue weighted by Gasteiger charge is 2.72. The van der Waals surface area contributed by atoms with E-state index in [1.807, 2.05) is 20.8 Å². The Kier molecular flexibility index (Phi) is 9.56. The first-order chi connectivity index (χ1) is 20.8. The number of rotatable bonds is 7. The Hall–Kier alpha value is -0.620. The fourth-order valence-electron chi connectivity index (χ4n) is 12.0. The van der Waals surface area contributed by atoms with Crippen LogP contribution in [0.3, 0.4) is 0 Å². The van der Waals surface area contributed by atoms with Gasteiger partial charge in [0.15, 0.2) is 6.29 Å². The molecule has 7 N–H and O–H groups in total. The second-order valence-corrected chi connectivity index (χ2v) is 17.4. The van der Waals surface area contributed by atoms with Crippen molar-refractivity contribution in [2.45, 2.75) is 161 Å². The van der Waals surface area contributed by atoms with Crippen LogP contribution in [0, 0.1) is 45.3 Å². The van der Waals surface area contributed by atoms with Crippen LogP contribution in [0.1, 0.15) is 107 Å². The molecule has 9 nitrogen and oxygen atoms in total. The average Bonchev–Trinajstić information content (AvgIpc) is 3.34. The molecule has 0 radical (unpaired) electrons. The van der Waals surface area contributed by atoms with Crippen molar-refractivity contribution in [1.82, 2.24) is 0 Å². The molecule has 5 fully saturated rings. The summed E-state index contributed by atoms with van der Waals surface area (Å²) in [5.41, 5.74) is -0.670. The molecular formula is C36H62O9. The van der Waals surface area contributed by atoms with Crippen molar-refractivity contribution >= 4 is 0 Å². The monoisotopic (exact) mass is 638 g/mol. The lowest BCUT2D eigenvalue weighted by Gasteiger charge is -2.71. The topological polar surface area (TPSA) is 160 Å². The van der Waals surface area contributed by atoms with Crippen LogP contribution in [0.5, 0.6) is 0 Å². The Balaban J connectivity index is 1.50. The molecule has 0 aromatic heterocycles. The van der Waals surface area contributed by atoms with E-state index in [0.29, 0.717) is 19.3 Å². The van der Waals surface area contributed by atoms with Gasteiger partial charge in [-0.1, -0.05) is 46.3 Å². The first-order valence-corrected chi connectivity index (χ1v) is 17.4. The highest BCUT2D eigenvalue weighted by atomic mass is 16.7. The lowest BCUT2D eigenvalue weighted by atomic mass is 9.35. The Morgan fingerprint density at radius 1 is 0.867 bits per heavy atom. The summed E-state index contributed by atoms with van der Waals surface area (Å²) in [5, 5.41) is 76.1. The van der Waals surface area contributed by atoms with Crippen LogP contribution in [0.4, 0.5) is 0 Å². The number of allylic oxidation sites excluding steroid dienone is 2. The fraction of sp³-hybridized carbons (Fsp3) is 0.944. The molecule has 260 valence electrons. The summed E-state index contributed by atoms with van der Waals surface area (Å²) in [4.78, 5) is 0. The second kappa shape index (κ2) is 12.1. The van der Waals surface area contributed by atoms with Crippen molar-refractivity contribution in [2.75, 3.05) is 6.61 Å². The van der Waals surface area contributed by atoms with Crippen LogP contribution >= 0.6 is 0 Å². The minimum Gasteiger partial charge on any atom is -0.394 e. The largest absolute Gasteiger partial charge is 0.394 e. The van der Waals surface area contributed by atoms with Crippen LogP contribution in [-0.2, 0) is 9.47 Å². The van der Waals surface area contributed by atoms with Crippen LogP contribution in [0.25, 0.3) is 0 Å². The van der Waals surface area contributed by atoms with Gasteiger partial charge in [-0.25, -0.2) is 0 Å². The van der Waals surface area contributed by atoms with E-state index in [1.54, 1.807) is 0 Å². The summed E-state index contributed by atoms with van der Waals surface area (Å²) in [7, 11) is 0. The highest BCUT2D eigenvalue weighted by Crippen LogP contribution is 2.76. The summed E-state index contributed by atoms with van der Waals surface area (Å²) in [6, 6.07) is 0. The van der Waals surface area contributed by atoms with Crippen molar-refractivity contribution in [3.63, 3.8) is 0 Å². The van der Waals surface area contributed by atoms with Gasteiger partial charge >= 0.3 is 0 Å². The molecule has 45 heavy (non-hydrogen) atoms. The maximum atomic E-state index is 12.2. The summed E-state index contributed by atoms with van der Waals surface area (Å²) in [6.45, 7) is 16.8. The molecule has 5 aliphatic rings. The van der Waals surface area contributed by atoms with Crippen molar-refractivity contribution in [2.24, 2.45) is 45.3 Å². The normalized spacial score (nSPS) is 52.2. The molecule has 16 atom stereocenters.